The van der Waals surface area contributed by atoms with Crippen molar-refractivity contribution in [1.29, 1.82) is 0 Å². The number of aliphatic carboxylic acids is 1. The van der Waals surface area contributed by atoms with Gasteiger partial charge in [-0.05, 0) is 55.9 Å². The monoisotopic (exact) mass is 298 g/mol. The Hall–Kier alpha value is -1.22. The Labute approximate surface area is 125 Å². The van der Waals surface area contributed by atoms with Gasteiger partial charge in [-0.15, -0.1) is 0 Å². The van der Waals surface area contributed by atoms with Gasteiger partial charge in [0.1, 0.15) is 5.75 Å². The van der Waals surface area contributed by atoms with E-state index in [1.54, 1.807) is 21.0 Å². The van der Waals surface area contributed by atoms with E-state index in [9.17, 15) is 9.90 Å². The molecule has 3 nitrogen and oxygen atoms in total. The van der Waals surface area contributed by atoms with Crippen molar-refractivity contribution in [1.82, 2.24) is 0 Å². The molecule has 0 heterocycles. The molecule has 1 aromatic rings. The van der Waals surface area contributed by atoms with Crippen LogP contribution in [0.2, 0.25) is 5.02 Å². The Morgan fingerprint density at radius 2 is 2.00 bits per heavy atom. The van der Waals surface area contributed by atoms with Crippen molar-refractivity contribution in [2.45, 2.75) is 47.0 Å². The average molecular weight is 299 g/mol. The quantitative estimate of drug-likeness (QED) is 0.874. The maximum Gasteiger partial charge on any atom is 0.309 e. The summed E-state index contributed by atoms with van der Waals surface area (Å²) in [5.41, 5.74) is 1.93. The second-order valence-electron chi connectivity index (χ2n) is 6.10. The Morgan fingerprint density at radius 1 is 1.45 bits per heavy atom. The van der Waals surface area contributed by atoms with Gasteiger partial charge in [-0.1, -0.05) is 25.4 Å². The highest BCUT2D eigenvalue weighted by Gasteiger charge is 2.31. The third kappa shape index (κ3) is 3.26. The standard InChI is InChI=1S/C16H23ClO3/c1-9(2)11-7-13(17)10(3)12(14(11)20-6)8-16(4,5)15(18)19/h7,9H,8H2,1-6H3,(H,18,19). The molecule has 0 aromatic heterocycles. The van der Waals surface area contributed by atoms with Crippen LogP contribution in [0.3, 0.4) is 0 Å². The van der Waals surface area contributed by atoms with E-state index in [1.165, 1.54) is 0 Å². The number of hydrogen-bond acceptors (Lipinski definition) is 2. The maximum atomic E-state index is 11.4. The van der Waals surface area contributed by atoms with Gasteiger partial charge in [-0.25, -0.2) is 0 Å². The first-order valence-corrected chi connectivity index (χ1v) is 7.08. The van der Waals surface area contributed by atoms with Gasteiger partial charge in [0.15, 0.2) is 0 Å². The summed E-state index contributed by atoms with van der Waals surface area (Å²) in [5.74, 6) is 0.191. The zero-order valence-corrected chi connectivity index (χ0v) is 13.8. The van der Waals surface area contributed by atoms with Crippen LogP contribution < -0.4 is 4.74 Å². The molecule has 0 aliphatic heterocycles. The summed E-state index contributed by atoms with van der Waals surface area (Å²) in [7, 11) is 1.62. The number of halogens is 1. The Balaban J connectivity index is 3.48. The molecule has 0 unspecified atom stereocenters. The minimum atomic E-state index is -0.864. The highest BCUT2D eigenvalue weighted by molar-refractivity contribution is 6.31. The van der Waals surface area contributed by atoms with Crippen molar-refractivity contribution in [2.24, 2.45) is 5.41 Å². The SMILES string of the molecule is COc1c(C(C)C)cc(Cl)c(C)c1CC(C)(C)C(=O)O. The number of carbonyl (C=O) groups is 1. The van der Waals surface area contributed by atoms with Crippen LogP contribution in [0.4, 0.5) is 0 Å². The van der Waals surface area contributed by atoms with E-state index in [4.69, 9.17) is 16.3 Å². The lowest BCUT2D eigenvalue weighted by Gasteiger charge is -2.25. The molecule has 0 atom stereocenters. The van der Waals surface area contributed by atoms with E-state index in [2.05, 4.69) is 13.8 Å². The summed E-state index contributed by atoms with van der Waals surface area (Å²) in [5, 5.41) is 9.99. The summed E-state index contributed by atoms with van der Waals surface area (Å²) in [4.78, 5) is 11.4. The third-order valence-electron chi connectivity index (χ3n) is 3.65. The van der Waals surface area contributed by atoms with Gasteiger partial charge < -0.3 is 9.84 Å². The second-order valence-corrected chi connectivity index (χ2v) is 6.51. The average Bonchev–Trinajstić information content (AvgIpc) is 2.34. The number of rotatable bonds is 5. The molecule has 0 spiro atoms. The summed E-state index contributed by atoms with van der Waals surface area (Å²) in [6, 6.07) is 1.91. The van der Waals surface area contributed by atoms with Crippen LogP contribution in [0.15, 0.2) is 6.07 Å². The van der Waals surface area contributed by atoms with E-state index in [0.717, 1.165) is 22.4 Å². The summed E-state index contributed by atoms with van der Waals surface area (Å²) < 4.78 is 5.55. The Bertz CT molecular complexity index is 519. The number of methoxy groups -OCH3 is 1. The van der Waals surface area contributed by atoms with E-state index >= 15 is 0 Å². The minimum absolute atomic E-state index is 0.259. The van der Waals surface area contributed by atoms with Crippen molar-refractivity contribution in [3.8, 4) is 5.75 Å². The Morgan fingerprint density at radius 3 is 2.40 bits per heavy atom. The summed E-state index contributed by atoms with van der Waals surface area (Å²) in [6.07, 6.45) is 0.387. The molecule has 0 fully saturated rings. The molecular formula is C16H23ClO3. The van der Waals surface area contributed by atoms with Crippen LogP contribution in [0.5, 0.6) is 5.75 Å². The number of benzene rings is 1. The molecule has 1 aromatic carbocycles. The zero-order chi connectivity index (χ0) is 15.7. The number of hydrogen-bond donors (Lipinski definition) is 1. The fraction of sp³-hybridized carbons (Fsp3) is 0.562. The first-order chi connectivity index (χ1) is 9.11. The molecule has 0 aliphatic carbocycles. The van der Waals surface area contributed by atoms with Crippen LogP contribution >= 0.6 is 11.6 Å². The van der Waals surface area contributed by atoms with Gasteiger partial charge >= 0.3 is 5.97 Å². The van der Waals surface area contributed by atoms with Gasteiger partial charge in [0.05, 0.1) is 12.5 Å². The normalized spacial score (nSPS) is 11.8. The molecule has 0 bridgehead atoms. The van der Waals surface area contributed by atoms with Crippen molar-refractivity contribution < 1.29 is 14.6 Å². The predicted octanol–water partition coefficient (Wildman–Crippen LogP) is 4.43. The molecule has 0 radical (unpaired) electrons. The first-order valence-electron chi connectivity index (χ1n) is 6.71. The summed E-state index contributed by atoms with van der Waals surface area (Å²) in [6.45, 7) is 9.46. The molecule has 0 saturated carbocycles. The fourth-order valence-corrected chi connectivity index (χ4v) is 2.43. The molecule has 0 amide bonds. The summed E-state index contributed by atoms with van der Waals surface area (Å²) >= 11 is 6.30. The van der Waals surface area contributed by atoms with Crippen molar-refractivity contribution in [3.63, 3.8) is 0 Å². The van der Waals surface area contributed by atoms with Crippen LogP contribution in [0.25, 0.3) is 0 Å². The van der Waals surface area contributed by atoms with Crippen LogP contribution in [0.1, 0.15) is 50.3 Å². The van der Waals surface area contributed by atoms with Crippen molar-refractivity contribution in [3.05, 3.63) is 27.8 Å². The molecule has 112 valence electrons. The minimum Gasteiger partial charge on any atom is -0.496 e. The molecule has 1 N–H and O–H groups in total. The third-order valence-corrected chi connectivity index (χ3v) is 4.05. The van der Waals surface area contributed by atoms with E-state index in [-0.39, 0.29) is 5.92 Å². The van der Waals surface area contributed by atoms with Crippen molar-refractivity contribution in [2.75, 3.05) is 7.11 Å². The highest BCUT2D eigenvalue weighted by atomic mass is 35.5. The molecule has 1 rings (SSSR count). The zero-order valence-electron chi connectivity index (χ0n) is 13.0. The van der Waals surface area contributed by atoms with Crippen LogP contribution in [-0.2, 0) is 11.2 Å². The largest absolute Gasteiger partial charge is 0.496 e. The van der Waals surface area contributed by atoms with Gasteiger partial charge in [0.2, 0.25) is 0 Å². The lowest BCUT2D eigenvalue weighted by Crippen LogP contribution is -2.27. The van der Waals surface area contributed by atoms with Gasteiger partial charge in [-0.3, -0.25) is 4.79 Å². The molecular weight excluding hydrogens is 276 g/mol. The van der Waals surface area contributed by atoms with Crippen molar-refractivity contribution >= 4 is 17.6 Å². The number of ether oxygens (including phenoxy) is 1. The second kappa shape index (κ2) is 6.04. The van der Waals surface area contributed by atoms with Gasteiger partial charge in [0.25, 0.3) is 0 Å². The Kier molecular flexibility index (Phi) is 5.09. The predicted molar refractivity (Wildman–Crippen MR) is 82.0 cm³/mol. The molecule has 0 saturated heterocycles. The van der Waals surface area contributed by atoms with Crippen LogP contribution in [0, 0.1) is 12.3 Å². The maximum absolute atomic E-state index is 11.4. The fourth-order valence-electron chi connectivity index (χ4n) is 2.20. The van der Waals surface area contributed by atoms with E-state index in [0.29, 0.717) is 11.4 Å². The number of carboxylic acids is 1. The molecule has 20 heavy (non-hydrogen) atoms. The van der Waals surface area contributed by atoms with Gasteiger partial charge in [-0.2, -0.15) is 0 Å². The van der Waals surface area contributed by atoms with E-state index < -0.39 is 11.4 Å². The van der Waals surface area contributed by atoms with Gasteiger partial charge in [0, 0.05) is 5.02 Å². The highest BCUT2D eigenvalue weighted by Crippen LogP contribution is 2.39. The lowest BCUT2D eigenvalue weighted by molar-refractivity contribution is -0.146. The van der Waals surface area contributed by atoms with E-state index in [1.807, 2.05) is 13.0 Å². The topological polar surface area (TPSA) is 46.5 Å². The molecule has 4 heteroatoms. The van der Waals surface area contributed by atoms with Crippen LogP contribution in [-0.4, -0.2) is 18.2 Å². The number of carboxylic acid groups (broad SMARTS) is 1. The smallest absolute Gasteiger partial charge is 0.309 e. The molecule has 0 aliphatic rings. The lowest BCUT2D eigenvalue weighted by atomic mass is 9.82. The first kappa shape index (κ1) is 16.8.